The SMILES string of the molecule is c1ccc(-c2ccc(-c3cc(-c4cccc5c4oc4ccccc45)nc(-n4c5ccccc5c5cc6oc7ccccc7c6cc54)n3)cc2)cc1. The molecule has 0 atom stereocenters. The minimum Gasteiger partial charge on any atom is -0.456 e. The van der Waals surface area contributed by atoms with Crippen molar-refractivity contribution in [1.29, 1.82) is 0 Å². The van der Waals surface area contributed by atoms with Crippen molar-refractivity contribution >= 4 is 65.7 Å². The predicted octanol–water partition coefficient (Wildman–Crippen LogP) is 12.4. The molecule has 0 spiro atoms. The lowest BCUT2D eigenvalue weighted by molar-refractivity contribution is 0.669. The van der Waals surface area contributed by atoms with Gasteiger partial charge < -0.3 is 8.83 Å². The average Bonchev–Trinajstić information content (AvgIpc) is 3.86. The third-order valence-corrected chi connectivity index (χ3v) is 10.1. The van der Waals surface area contributed by atoms with Gasteiger partial charge in [-0.3, -0.25) is 4.57 Å². The zero-order chi connectivity index (χ0) is 33.5. The van der Waals surface area contributed by atoms with E-state index in [0.29, 0.717) is 5.95 Å². The van der Waals surface area contributed by atoms with Crippen LogP contribution in [0.2, 0.25) is 0 Å². The van der Waals surface area contributed by atoms with Crippen LogP contribution >= 0.6 is 0 Å². The molecule has 0 bridgehead atoms. The van der Waals surface area contributed by atoms with Crippen molar-refractivity contribution in [2.75, 3.05) is 0 Å². The van der Waals surface area contributed by atoms with Crippen molar-refractivity contribution in [2.24, 2.45) is 0 Å². The van der Waals surface area contributed by atoms with Crippen LogP contribution in [0.1, 0.15) is 0 Å². The van der Waals surface area contributed by atoms with Crippen molar-refractivity contribution in [2.45, 2.75) is 0 Å². The fourth-order valence-electron chi connectivity index (χ4n) is 7.64. The van der Waals surface area contributed by atoms with Gasteiger partial charge in [0.2, 0.25) is 5.95 Å². The number of rotatable bonds is 4. The quantitative estimate of drug-likeness (QED) is 0.190. The predicted molar refractivity (Wildman–Crippen MR) is 207 cm³/mol. The fourth-order valence-corrected chi connectivity index (χ4v) is 7.64. The van der Waals surface area contributed by atoms with Gasteiger partial charge in [-0.05, 0) is 53.6 Å². The Balaban J connectivity index is 1.20. The lowest BCUT2D eigenvalue weighted by atomic mass is 10.0. The number of aromatic nitrogens is 3. The van der Waals surface area contributed by atoms with Gasteiger partial charge in [-0.1, -0.05) is 121 Å². The summed E-state index contributed by atoms with van der Waals surface area (Å²) in [5.74, 6) is 0.584. The van der Waals surface area contributed by atoms with Crippen LogP contribution in [0.25, 0.3) is 105 Å². The molecule has 5 heteroatoms. The van der Waals surface area contributed by atoms with Gasteiger partial charge in [0.1, 0.15) is 22.3 Å². The summed E-state index contributed by atoms with van der Waals surface area (Å²) in [6, 6.07) is 56.6. The monoisotopic (exact) mass is 653 g/mol. The van der Waals surface area contributed by atoms with E-state index >= 15 is 0 Å². The average molecular weight is 654 g/mol. The molecule has 0 saturated carbocycles. The minimum absolute atomic E-state index is 0.584. The molecule has 11 aromatic rings. The molecule has 0 fully saturated rings. The van der Waals surface area contributed by atoms with E-state index in [0.717, 1.165) is 93.8 Å². The van der Waals surface area contributed by atoms with Crippen LogP contribution in [-0.2, 0) is 0 Å². The fraction of sp³-hybridized carbons (Fsp3) is 0. The third-order valence-electron chi connectivity index (χ3n) is 10.1. The van der Waals surface area contributed by atoms with Gasteiger partial charge >= 0.3 is 0 Å². The highest BCUT2D eigenvalue weighted by Crippen LogP contribution is 2.40. The lowest BCUT2D eigenvalue weighted by Crippen LogP contribution is -2.04. The van der Waals surface area contributed by atoms with Crippen LogP contribution < -0.4 is 0 Å². The molecule has 0 aliphatic rings. The van der Waals surface area contributed by atoms with Gasteiger partial charge in [-0.25, -0.2) is 9.97 Å². The van der Waals surface area contributed by atoms with E-state index in [1.807, 2.05) is 36.4 Å². The standard InChI is InChI=1S/C46H27N3O2/c1-2-11-28(12-3-1)29-21-23-30(24-22-29)38-27-39(35-17-10-16-34-32-14-5-9-20-43(32)51-45(34)35)48-46(47-38)49-40-18-7-4-13-31(40)36-26-44-37(25-41(36)49)33-15-6-8-19-42(33)50-44/h1-27H. The van der Waals surface area contributed by atoms with Crippen LogP contribution in [-0.4, -0.2) is 14.5 Å². The first-order valence-electron chi connectivity index (χ1n) is 17.1. The Morgan fingerprint density at radius 3 is 1.82 bits per heavy atom. The number of furan rings is 2. The summed E-state index contributed by atoms with van der Waals surface area (Å²) in [5, 5.41) is 6.47. The van der Waals surface area contributed by atoms with Crippen LogP contribution in [0.15, 0.2) is 173 Å². The zero-order valence-electron chi connectivity index (χ0n) is 27.2. The van der Waals surface area contributed by atoms with Crippen LogP contribution in [0.3, 0.4) is 0 Å². The second kappa shape index (κ2) is 10.8. The van der Waals surface area contributed by atoms with Crippen molar-refractivity contribution in [1.82, 2.24) is 14.5 Å². The highest BCUT2D eigenvalue weighted by molar-refractivity contribution is 6.17. The summed E-state index contributed by atoms with van der Waals surface area (Å²) < 4.78 is 15.0. The van der Waals surface area contributed by atoms with Gasteiger partial charge in [0.15, 0.2) is 0 Å². The van der Waals surface area contributed by atoms with E-state index in [1.54, 1.807) is 0 Å². The second-order valence-corrected chi connectivity index (χ2v) is 13.0. The second-order valence-electron chi connectivity index (χ2n) is 13.0. The van der Waals surface area contributed by atoms with Gasteiger partial charge in [-0.15, -0.1) is 0 Å². The molecule has 238 valence electrons. The van der Waals surface area contributed by atoms with E-state index in [4.69, 9.17) is 18.8 Å². The molecule has 7 aromatic carbocycles. The zero-order valence-corrected chi connectivity index (χ0v) is 27.2. The number of para-hydroxylation sites is 4. The van der Waals surface area contributed by atoms with E-state index < -0.39 is 0 Å². The highest BCUT2D eigenvalue weighted by Gasteiger charge is 2.21. The van der Waals surface area contributed by atoms with Crippen molar-refractivity contribution in [3.63, 3.8) is 0 Å². The van der Waals surface area contributed by atoms with E-state index in [9.17, 15) is 0 Å². The van der Waals surface area contributed by atoms with Crippen LogP contribution in [0.4, 0.5) is 0 Å². The normalized spacial score (nSPS) is 11.9. The molecule has 0 aliphatic heterocycles. The molecule has 0 saturated heterocycles. The molecule has 11 rings (SSSR count). The molecule has 4 aromatic heterocycles. The Morgan fingerprint density at radius 1 is 0.373 bits per heavy atom. The van der Waals surface area contributed by atoms with E-state index in [2.05, 4.69) is 132 Å². The van der Waals surface area contributed by atoms with Crippen LogP contribution in [0, 0.1) is 0 Å². The number of hydrogen-bond acceptors (Lipinski definition) is 4. The molecular weight excluding hydrogens is 627 g/mol. The molecule has 0 N–H and O–H groups in total. The summed E-state index contributed by atoms with van der Waals surface area (Å²) in [4.78, 5) is 10.7. The van der Waals surface area contributed by atoms with Crippen molar-refractivity contribution in [3.8, 4) is 39.6 Å². The number of fused-ring (bicyclic) bond motifs is 9. The number of hydrogen-bond donors (Lipinski definition) is 0. The molecule has 5 nitrogen and oxygen atoms in total. The van der Waals surface area contributed by atoms with Crippen LogP contribution in [0.5, 0.6) is 0 Å². The van der Waals surface area contributed by atoms with Crippen molar-refractivity contribution in [3.05, 3.63) is 164 Å². The van der Waals surface area contributed by atoms with E-state index in [1.165, 1.54) is 5.56 Å². The molecular formula is C46H27N3O2. The molecule has 0 unspecified atom stereocenters. The molecule has 0 amide bonds. The maximum Gasteiger partial charge on any atom is 0.235 e. The first-order chi connectivity index (χ1) is 25.3. The Labute approximate surface area is 291 Å². The first kappa shape index (κ1) is 27.9. The topological polar surface area (TPSA) is 57.0 Å². The summed E-state index contributed by atoms with van der Waals surface area (Å²) in [7, 11) is 0. The Morgan fingerprint density at radius 2 is 1.00 bits per heavy atom. The molecule has 0 aliphatic carbocycles. The lowest BCUT2D eigenvalue weighted by Gasteiger charge is -2.12. The first-order valence-corrected chi connectivity index (χ1v) is 17.1. The van der Waals surface area contributed by atoms with Gasteiger partial charge in [-0.2, -0.15) is 0 Å². The highest BCUT2D eigenvalue weighted by atomic mass is 16.3. The van der Waals surface area contributed by atoms with Gasteiger partial charge in [0, 0.05) is 43.4 Å². The Hall–Kier alpha value is -6.98. The largest absolute Gasteiger partial charge is 0.456 e. The van der Waals surface area contributed by atoms with Gasteiger partial charge in [0.05, 0.1) is 22.4 Å². The Bertz CT molecular complexity index is 3130. The molecule has 0 radical (unpaired) electrons. The smallest absolute Gasteiger partial charge is 0.235 e. The summed E-state index contributed by atoms with van der Waals surface area (Å²) in [6.07, 6.45) is 0. The maximum absolute atomic E-state index is 6.52. The number of nitrogens with zero attached hydrogens (tertiary/aromatic N) is 3. The summed E-state index contributed by atoms with van der Waals surface area (Å²) in [6.45, 7) is 0. The molecule has 4 heterocycles. The molecule has 51 heavy (non-hydrogen) atoms. The third kappa shape index (κ3) is 4.28. The summed E-state index contributed by atoms with van der Waals surface area (Å²) >= 11 is 0. The number of benzene rings is 7. The van der Waals surface area contributed by atoms with Crippen molar-refractivity contribution < 1.29 is 8.83 Å². The minimum atomic E-state index is 0.584. The summed E-state index contributed by atoms with van der Waals surface area (Å²) in [5.41, 5.74) is 11.3. The van der Waals surface area contributed by atoms with E-state index in [-0.39, 0.29) is 0 Å². The Kier molecular flexibility index (Phi) is 5.89. The van der Waals surface area contributed by atoms with Gasteiger partial charge in [0.25, 0.3) is 0 Å². The maximum atomic E-state index is 6.52.